The highest BCUT2D eigenvalue weighted by Crippen LogP contribution is 2.22. The van der Waals surface area contributed by atoms with E-state index in [1.54, 1.807) is 0 Å². The largest absolute Gasteiger partial charge is 0.361 e. The predicted molar refractivity (Wildman–Crippen MR) is 106 cm³/mol. The van der Waals surface area contributed by atoms with Crippen LogP contribution in [0.1, 0.15) is 10.4 Å². The second kappa shape index (κ2) is 6.70. The first-order valence-corrected chi connectivity index (χ1v) is 9.54. The smallest absolute Gasteiger partial charge is 0.253 e. The van der Waals surface area contributed by atoms with Gasteiger partial charge in [-0.1, -0.05) is 6.07 Å². The molecule has 0 unspecified atom stereocenters. The van der Waals surface area contributed by atoms with E-state index in [9.17, 15) is 4.79 Å². The Labute approximate surface area is 158 Å². The van der Waals surface area contributed by atoms with Crippen LogP contribution in [0.3, 0.4) is 0 Å². The summed E-state index contributed by atoms with van der Waals surface area (Å²) in [6.07, 6.45) is 3.76. The number of aromatic amines is 1. The fourth-order valence-corrected chi connectivity index (χ4v) is 4.08. The SMILES string of the molecule is O=C(c1ccc2[nH]ccc2c1)N1CC(N2CCN(c3ccccn3)CC2)C1. The van der Waals surface area contributed by atoms with Gasteiger partial charge in [-0.3, -0.25) is 9.69 Å². The Bertz CT molecular complexity index is 939. The molecule has 0 aliphatic carbocycles. The maximum atomic E-state index is 12.7. The molecule has 0 radical (unpaired) electrons. The molecule has 4 heterocycles. The lowest BCUT2D eigenvalue weighted by Crippen LogP contribution is -2.64. The average Bonchev–Trinajstić information content (AvgIpc) is 3.16. The number of hydrogen-bond acceptors (Lipinski definition) is 4. The summed E-state index contributed by atoms with van der Waals surface area (Å²) in [5.41, 5.74) is 1.85. The van der Waals surface area contributed by atoms with Crippen molar-refractivity contribution in [3.8, 4) is 0 Å². The van der Waals surface area contributed by atoms with E-state index in [-0.39, 0.29) is 5.91 Å². The van der Waals surface area contributed by atoms with Crippen molar-refractivity contribution in [3.63, 3.8) is 0 Å². The van der Waals surface area contributed by atoms with E-state index in [0.29, 0.717) is 6.04 Å². The van der Waals surface area contributed by atoms with Gasteiger partial charge >= 0.3 is 0 Å². The lowest BCUT2D eigenvalue weighted by molar-refractivity contribution is 0.0246. The molecule has 6 nitrogen and oxygen atoms in total. The number of hydrogen-bond donors (Lipinski definition) is 1. The first-order chi connectivity index (χ1) is 13.3. The van der Waals surface area contributed by atoms with E-state index in [2.05, 4.69) is 25.8 Å². The first kappa shape index (κ1) is 16.3. The predicted octanol–water partition coefficient (Wildman–Crippen LogP) is 2.21. The highest BCUT2D eigenvalue weighted by atomic mass is 16.2. The van der Waals surface area contributed by atoms with Crippen LogP contribution in [0.25, 0.3) is 10.9 Å². The minimum atomic E-state index is 0.140. The van der Waals surface area contributed by atoms with E-state index in [0.717, 1.165) is 61.6 Å². The summed E-state index contributed by atoms with van der Waals surface area (Å²) in [4.78, 5) is 27.2. The van der Waals surface area contributed by atoms with Gasteiger partial charge in [-0.2, -0.15) is 0 Å². The van der Waals surface area contributed by atoms with E-state index in [4.69, 9.17) is 0 Å². The molecule has 2 aliphatic heterocycles. The van der Waals surface area contributed by atoms with Crippen LogP contribution in [0.5, 0.6) is 0 Å². The van der Waals surface area contributed by atoms with Gasteiger partial charge in [0.05, 0.1) is 0 Å². The number of piperazine rings is 1. The van der Waals surface area contributed by atoms with E-state index < -0.39 is 0 Å². The maximum Gasteiger partial charge on any atom is 0.253 e. The molecule has 2 aromatic heterocycles. The molecule has 3 aromatic rings. The number of anilines is 1. The van der Waals surface area contributed by atoms with Crippen molar-refractivity contribution in [3.05, 3.63) is 60.4 Å². The lowest BCUT2D eigenvalue weighted by Gasteiger charge is -2.48. The quantitative estimate of drug-likeness (QED) is 0.777. The molecule has 0 saturated carbocycles. The summed E-state index contributed by atoms with van der Waals surface area (Å²) in [7, 11) is 0. The summed E-state index contributed by atoms with van der Waals surface area (Å²) in [6, 6.07) is 14.4. The normalized spacial score (nSPS) is 18.7. The number of carbonyl (C=O) groups excluding carboxylic acids is 1. The van der Waals surface area contributed by atoms with Crippen molar-refractivity contribution >= 4 is 22.6 Å². The number of pyridine rings is 1. The molecular weight excluding hydrogens is 338 g/mol. The zero-order valence-corrected chi connectivity index (χ0v) is 15.2. The van der Waals surface area contributed by atoms with Gasteiger partial charge in [-0.25, -0.2) is 4.98 Å². The van der Waals surface area contributed by atoms with Crippen LogP contribution < -0.4 is 4.90 Å². The molecule has 2 aliphatic rings. The Kier molecular flexibility index (Phi) is 4.05. The lowest BCUT2D eigenvalue weighted by atomic mass is 10.0. The second-order valence-electron chi connectivity index (χ2n) is 7.35. The van der Waals surface area contributed by atoms with Crippen molar-refractivity contribution < 1.29 is 4.79 Å². The number of fused-ring (bicyclic) bond motifs is 1. The third-order valence-electron chi connectivity index (χ3n) is 5.75. The third-order valence-corrected chi connectivity index (χ3v) is 5.75. The summed E-state index contributed by atoms with van der Waals surface area (Å²) in [5.74, 6) is 1.20. The first-order valence-electron chi connectivity index (χ1n) is 9.54. The van der Waals surface area contributed by atoms with Crippen LogP contribution in [0, 0.1) is 0 Å². The van der Waals surface area contributed by atoms with Crippen molar-refractivity contribution in [1.29, 1.82) is 0 Å². The molecule has 0 spiro atoms. The third kappa shape index (κ3) is 3.06. The van der Waals surface area contributed by atoms with E-state index >= 15 is 0 Å². The molecule has 5 rings (SSSR count). The fraction of sp³-hybridized carbons (Fsp3) is 0.333. The van der Waals surface area contributed by atoms with Gasteiger partial charge in [-0.15, -0.1) is 0 Å². The molecule has 0 atom stereocenters. The van der Waals surface area contributed by atoms with Gasteiger partial charge in [-0.05, 0) is 36.4 Å². The monoisotopic (exact) mass is 361 g/mol. The zero-order valence-electron chi connectivity index (χ0n) is 15.2. The van der Waals surface area contributed by atoms with E-state index in [1.807, 2.05) is 53.7 Å². The molecule has 27 heavy (non-hydrogen) atoms. The topological polar surface area (TPSA) is 55.5 Å². The number of H-pyrrole nitrogens is 1. The molecule has 138 valence electrons. The summed E-state index contributed by atoms with van der Waals surface area (Å²) in [5, 5.41) is 1.09. The van der Waals surface area contributed by atoms with Crippen LogP contribution in [0.15, 0.2) is 54.9 Å². The minimum absolute atomic E-state index is 0.140. The van der Waals surface area contributed by atoms with Gasteiger partial charge in [0.1, 0.15) is 5.82 Å². The van der Waals surface area contributed by atoms with Crippen molar-refractivity contribution in [1.82, 2.24) is 19.8 Å². The summed E-state index contributed by atoms with van der Waals surface area (Å²) < 4.78 is 0. The van der Waals surface area contributed by atoms with Crippen molar-refractivity contribution in [2.45, 2.75) is 6.04 Å². The van der Waals surface area contributed by atoms with Crippen LogP contribution >= 0.6 is 0 Å². The Morgan fingerprint density at radius 2 is 1.89 bits per heavy atom. The van der Waals surface area contributed by atoms with Gasteiger partial charge in [0, 0.05) is 74.2 Å². The average molecular weight is 361 g/mol. The summed E-state index contributed by atoms with van der Waals surface area (Å²) >= 11 is 0. The molecule has 0 bridgehead atoms. The highest BCUT2D eigenvalue weighted by molar-refractivity contribution is 5.98. The number of rotatable bonds is 3. The molecular formula is C21H23N5O. The highest BCUT2D eigenvalue weighted by Gasteiger charge is 2.36. The van der Waals surface area contributed by atoms with Crippen molar-refractivity contribution in [2.24, 2.45) is 0 Å². The maximum absolute atomic E-state index is 12.7. The number of likely N-dealkylation sites (tertiary alicyclic amines) is 1. The van der Waals surface area contributed by atoms with Crippen LogP contribution in [-0.2, 0) is 0 Å². The Hall–Kier alpha value is -2.86. The summed E-state index contributed by atoms with van der Waals surface area (Å²) in [6.45, 7) is 5.69. The van der Waals surface area contributed by atoms with Crippen molar-refractivity contribution in [2.75, 3.05) is 44.2 Å². The number of aromatic nitrogens is 2. The molecule has 6 heteroatoms. The number of nitrogens with one attached hydrogen (secondary N) is 1. The molecule has 1 N–H and O–H groups in total. The molecule has 2 saturated heterocycles. The van der Waals surface area contributed by atoms with Crippen LogP contribution in [0.2, 0.25) is 0 Å². The molecule has 1 amide bonds. The Morgan fingerprint density at radius 3 is 2.67 bits per heavy atom. The van der Waals surface area contributed by atoms with Crippen LogP contribution in [0.4, 0.5) is 5.82 Å². The van der Waals surface area contributed by atoms with Crippen LogP contribution in [-0.4, -0.2) is 71.0 Å². The van der Waals surface area contributed by atoms with Gasteiger partial charge in [0.15, 0.2) is 0 Å². The molecule has 2 fully saturated rings. The number of carbonyl (C=O) groups is 1. The number of nitrogens with zero attached hydrogens (tertiary/aromatic N) is 4. The Morgan fingerprint density at radius 1 is 1.04 bits per heavy atom. The number of amides is 1. The number of benzene rings is 1. The second-order valence-corrected chi connectivity index (χ2v) is 7.35. The minimum Gasteiger partial charge on any atom is -0.361 e. The van der Waals surface area contributed by atoms with Gasteiger partial charge in [0.25, 0.3) is 5.91 Å². The van der Waals surface area contributed by atoms with Gasteiger partial charge < -0.3 is 14.8 Å². The standard InChI is InChI=1S/C21H23N5O/c27-21(17-4-5-19-16(13-17)6-8-22-19)26-14-18(15-26)24-9-11-25(12-10-24)20-3-1-2-7-23-20/h1-8,13,18,22H,9-12,14-15H2. The zero-order chi connectivity index (χ0) is 18.2. The van der Waals surface area contributed by atoms with E-state index in [1.165, 1.54) is 0 Å². The van der Waals surface area contributed by atoms with Gasteiger partial charge in [0.2, 0.25) is 0 Å². The molecule has 1 aromatic carbocycles. The fourth-order valence-electron chi connectivity index (χ4n) is 4.08. The Balaban J connectivity index is 1.16.